The third-order valence-electron chi connectivity index (χ3n) is 6.10. The second-order valence-corrected chi connectivity index (χ2v) is 8.40. The van der Waals surface area contributed by atoms with E-state index in [1.807, 2.05) is 23.1 Å². The van der Waals surface area contributed by atoms with Crippen molar-refractivity contribution in [2.24, 2.45) is 5.92 Å². The summed E-state index contributed by atoms with van der Waals surface area (Å²) in [5.41, 5.74) is 4.74. The zero-order valence-corrected chi connectivity index (χ0v) is 17.1. The Morgan fingerprint density at radius 3 is 2.58 bits per heavy atom. The van der Waals surface area contributed by atoms with E-state index < -0.39 is 5.76 Å². The van der Waals surface area contributed by atoms with Crippen molar-refractivity contribution < 1.29 is 13.6 Å². The average molecular weight is 421 g/mol. The van der Waals surface area contributed by atoms with E-state index in [1.54, 1.807) is 12.1 Å². The molecule has 1 saturated carbocycles. The summed E-state index contributed by atoms with van der Waals surface area (Å²) in [6.07, 6.45) is 4.64. The molecule has 2 fully saturated rings. The SMILES string of the molecule is O=C(C(Nc1ccc2[nH]c(=O)oc2c1)=C1CC1)N1CCC(Cc2ccc(F)cc2)CC1. The van der Waals surface area contributed by atoms with Gasteiger partial charge in [0.15, 0.2) is 5.58 Å². The average Bonchev–Trinajstić information content (AvgIpc) is 3.54. The Bertz CT molecular complexity index is 1190. The number of carbonyl (C=O) groups excluding carboxylic acids is 1. The number of nitrogens with one attached hydrogen (secondary N) is 2. The van der Waals surface area contributed by atoms with Crippen LogP contribution in [0.3, 0.4) is 0 Å². The Kier molecular flexibility index (Phi) is 5.10. The van der Waals surface area contributed by atoms with E-state index in [4.69, 9.17) is 4.42 Å². The Balaban J connectivity index is 1.23. The fraction of sp³-hybridized carbons (Fsp3) is 0.333. The third-order valence-corrected chi connectivity index (χ3v) is 6.10. The molecule has 2 heterocycles. The maximum atomic E-state index is 13.2. The van der Waals surface area contributed by atoms with Crippen molar-refractivity contribution in [3.05, 3.63) is 75.7 Å². The molecular formula is C24H24FN3O3. The number of oxazole rings is 1. The maximum Gasteiger partial charge on any atom is 0.417 e. The molecule has 0 bridgehead atoms. The van der Waals surface area contributed by atoms with Crippen LogP contribution >= 0.6 is 0 Å². The molecule has 0 spiro atoms. The standard InChI is InChI=1S/C24H24FN3O3/c25-18-5-1-15(2-6-18)13-16-9-11-28(12-10-16)23(29)22(17-3-4-17)26-19-7-8-20-21(14-19)31-24(30)27-20/h1-2,5-8,14,16,26H,3-4,9-13H2,(H,27,30). The van der Waals surface area contributed by atoms with Crippen LogP contribution in [0.4, 0.5) is 10.1 Å². The number of halogens is 1. The van der Waals surface area contributed by atoms with Gasteiger partial charge in [0.2, 0.25) is 0 Å². The largest absolute Gasteiger partial charge is 0.417 e. The number of carbonyl (C=O) groups is 1. The highest BCUT2D eigenvalue weighted by Gasteiger charge is 2.29. The fourth-order valence-corrected chi connectivity index (χ4v) is 4.23. The number of hydrogen-bond acceptors (Lipinski definition) is 4. The number of allylic oxidation sites excluding steroid dienone is 1. The number of hydrogen-bond donors (Lipinski definition) is 2. The first kappa shape index (κ1) is 19.6. The molecule has 0 radical (unpaired) electrons. The van der Waals surface area contributed by atoms with Gasteiger partial charge in [0.1, 0.15) is 11.5 Å². The minimum Gasteiger partial charge on any atom is -0.408 e. The molecule has 1 aliphatic carbocycles. The van der Waals surface area contributed by atoms with Gasteiger partial charge in [-0.1, -0.05) is 12.1 Å². The molecule has 7 heteroatoms. The highest BCUT2D eigenvalue weighted by molar-refractivity contribution is 5.98. The van der Waals surface area contributed by atoms with Gasteiger partial charge in [-0.05, 0) is 73.4 Å². The summed E-state index contributed by atoms with van der Waals surface area (Å²) in [7, 11) is 0. The number of fused-ring (bicyclic) bond motifs is 1. The number of H-pyrrole nitrogens is 1. The lowest BCUT2D eigenvalue weighted by molar-refractivity contribution is -0.128. The monoisotopic (exact) mass is 421 g/mol. The first-order valence-corrected chi connectivity index (χ1v) is 10.7. The molecule has 1 saturated heterocycles. The molecule has 1 amide bonds. The van der Waals surface area contributed by atoms with Crippen LogP contribution in [0, 0.1) is 11.7 Å². The van der Waals surface area contributed by atoms with Crippen LogP contribution in [0.15, 0.2) is 62.9 Å². The molecule has 160 valence electrons. The van der Waals surface area contributed by atoms with Crippen LogP contribution in [0.5, 0.6) is 0 Å². The van der Waals surface area contributed by atoms with Gasteiger partial charge in [0.25, 0.3) is 5.91 Å². The van der Waals surface area contributed by atoms with Gasteiger partial charge in [-0.25, -0.2) is 9.18 Å². The number of piperidine rings is 1. The molecular weight excluding hydrogens is 397 g/mol. The Morgan fingerprint density at radius 1 is 1.13 bits per heavy atom. The summed E-state index contributed by atoms with van der Waals surface area (Å²) in [4.78, 5) is 29.2. The van der Waals surface area contributed by atoms with Gasteiger partial charge >= 0.3 is 5.76 Å². The van der Waals surface area contributed by atoms with Crippen molar-refractivity contribution in [1.29, 1.82) is 0 Å². The molecule has 0 atom stereocenters. The van der Waals surface area contributed by atoms with Gasteiger partial charge in [-0.15, -0.1) is 0 Å². The molecule has 31 heavy (non-hydrogen) atoms. The summed E-state index contributed by atoms with van der Waals surface area (Å²) in [6, 6.07) is 12.0. The van der Waals surface area contributed by atoms with Crippen molar-refractivity contribution in [1.82, 2.24) is 9.88 Å². The smallest absolute Gasteiger partial charge is 0.408 e. The summed E-state index contributed by atoms with van der Waals surface area (Å²) in [5, 5.41) is 3.27. The molecule has 1 aliphatic heterocycles. The van der Waals surface area contributed by atoms with E-state index in [0.717, 1.165) is 62.0 Å². The Labute approximate surface area is 178 Å². The van der Waals surface area contributed by atoms with Crippen LogP contribution in [0.1, 0.15) is 31.2 Å². The minimum absolute atomic E-state index is 0.0309. The summed E-state index contributed by atoms with van der Waals surface area (Å²) < 4.78 is 18.2. The lowest BCUT2D eigenvalue weighted by Gasteiger charge is -2.33. The molecule has 1 aromatic heterocycles. The summed E-state index contributed by atoms with van der Waals surface area (Å²) in [5.74, 6) is -0.177. The van der Waals surface area contributed by atoms with Crippen molar-refractivity contribution >= 4 is 22.7 Å². The molecule has 2 aliphatic rings. The number of rotatable bonds is 5. The summed E-state index contributed by atoms with van der Waals surface area (Å²) in [6.45, 7) is 1.43. The van der Waals surface area contributed by atoms with E-state index in [9.17, 15) is 14.0 Å². The Hall–Kier alpha value is -3.35. The number of aromatic amines is 1. The van der Waals surface area contributed by atoms with Crippen LogP contribution in [-0.4, -0.2) is 28.9 Å². The normalized spacial score (nSPS) is 16.5. The molecule has 6 nitrogen and oxygen atoms in total. The number of anilines is 1. The van der Waals surface area contributed by atoms with E-state index >= 15 is 0 Å². The molecule has 2 aromatic carbocycles. The zero-order chi connectivity index (χ0) is 21.4. The second kappa shape index (κ2) is 8.06. The molecule has 5 rings (SSSR count). The lowest BCUT2D eigenvalue weighted by atomic mass is 9.90. The number of benzene rings is 2. The number of likely N-dealkylation sites (tertiary alicyclic amines) is 1. The topological polar surface area (TPSA) is 78.3 Å². The highest BCUT2D eigenvalue weighted by atomic mass is 19.1. The fourth-order valence-electron chi connectivity index (χ4n) is 4.23. The quantitative estimate of drug-likeness (QED) is 0.605. The van der Waals surface area contributed by atoms with Gasteiger partial charge in [0, 0.05) is 24.8 Å². The molecule has 2 N–H and O–H groups in total. The van der Waals surface area contributed by atoms with E-state index in [-0.39, 0.29) is 11.7 Å². The van der Waals surface area contributed by atoms with Crippen molar-refractivity contribution in [2.75, 3.05) is 18.4 Å². The second-order valence-electron chi connectivity index (χ2n) is 8.40. The number of amides is 1. The predicted molar refractivity (Wildman–Crippen MR) is 116 cm³/mol. The van der Waals surface area contributed by atoms with Crippen molar-refractivity contribution in [2.45, 2.75) is 32.1 Å². The van der Waals surface area contributed by atoms with Crippen LogP contribution in [0.2, 0.25) is 0 Å². The molecule has 0 unspecified atom stereocenters. The maximum absolute atomic E-state index is 13.2. The van der Waals surface area contributed by atoms with Crippen molar-refractivity contribution in [3.63, 3.8) is 0 Å². The number of aromatic nitrogens is 1. The van der Waals surface area contributed by atoms with Crippen LogP contribution in [0.25, 0.3) is 11.1 Å². The third kappa shape index (κ3) is 4.40. The summed E-state index contributed by atoms with van der Waals surface area (Å²) >= 11 is 0. The predicted octanol–water partition coefficient (Wildman–Crippen LogP) is 4.20. The van der Waals surface area contributed by atoms with Gasteiger partial charge in [-0.2, -0.15) is 0 Å². The zero-order valence-electron chi connectivity index (χ0n) is 17.1. The van der Waals surface area contributed by atoms with Crippen molar-refractivity contribution in [3.8, 4) is 0 Å². The van der Waals surface area contributed by atoms with Gasteiger partial charge in [-0.3, -0.25) is 9.78 Å². The highest BCUT2D eigenvalue weighted by Crippen LogP contribution is 2.34. The first-order chi connectivity index (χ1) is 15.0. The van der Waals surface area contributed by atoms with E-state index in [2.05, 4.69) is 10.3 Å². The first-order valence-electron chi connectivity index (χ1n) is 10.7. The van der Waals surface area contributed by atoms with Gasteiger partial charge < -0.3 is 14.6 Å². The minimum atomic E-state index is -0.493. The van der Waals surface area contributed by atoms with Gasteiger partial charge in [0.05, 0.1) is 5.52 Å². The van der Waals surface area contributed by atoms with Crippen LogP contribution < -0.4 is 11.1 Å². The van der Waals surface area contributed by atoms with E-state index in [1.165, 1.54) is 12.1 Å². The number of nitrogens with zero attached hydrogens (tertiary/aromatic N) is 1. The lowest BCUT2D eigenvalue weighted by Crippen LogP contribution is -2.40. The van der Waals surface area contributed by atoms with Crippen LogP contribution in [-0.2, 0) is 11.2 Å². The Morgan fingerprint density at radius 2 is 1.87 bits per heavy atom. The van der Waals surface area contributed by atoms with E-state index in [0.29, 0.717) is 22.7 Å². The molecule has 3 aromatic rings.